The number of hydrogen-bond acceptors (Lipinski definition) is 4. The Balaban J connectivity index is 1.58. The SMILES string of the molecule is CCOc1ccccc1NC(=O)N1CCC(Cc2nncn2C(C)C)C1. The number of rotatable bonds is 6. The number of benzene rings is 1. The van der Waals surface area contributed by atoms with Crippen molar-refractivity contribution in [1.29, 1.82) is 0 Å². The number of amides is 2. The fourth-order valence-corrected chi connectivity index (χ4v) is 3.33. The number of likely N-dealkylation sites (tertiary alicyclic amines) is 1. The van der Waals surface area contributed by atoms with E-state index < -0.39 is 0 Å². The van der Waals surface area contributed by atoms with E-state index in [4.69, 9.17) is 4.74 Å². The molecule has 0 aliphatic carbocycles. The summed E-state index contributed by atoms with van der Waals surface area (Å²) in [6, 6.07) is 7.79. The molecule has 2 aromatic rings. The number of nitrogens with one attached hydrogen (secondary N) is 1. The van der Waals surface area contributed by atoms with Gasteiger partial charge in [-0.1, -0.05) is 12.1 Å². The van der Waals surface area contributed by atoms with Crippen molar-refractivity contribution in [3.8, 4) is 5.75 Å². The van der Waals surface area contributed by atoms with E-state index in [2.05, 4.69) is 33.9 Å². The number of carbonyl (C=O) groups is 1. The molecule has 1 fully saturated rings. The second-order valence-corrected chi connectivity index (χ2v) is 6.91. The van der Waals surface area contributed by atoms with Crippen LogP contribution in [0.5, 0.6) is 5.75 Å². The summed E-state index contributed by atoms with van der Waals surface area (Å²) in [6.07, 6.45) is 3.60. The third-order valence-electron chi connectivity index (χ3n) is 4.68. The Morgan fingerprint density at radius 2 is 2.19 bits per heavy atom. The molecule has 2 amide bonds. The first kappa shape index (κ1) is 18.2. The first-order chi connectivity index (χ1) is 12.6. The molecule has 0 spiro atoms. The Labute approximate surface area is 154 Å². The minimum atomic E-state index is -0.0787. The van der Waals surface area contributed by atoms with E-state index in [1.807, 2.05) is 36.1 Å². The van der Waals surface area contributed by atoms with Crippen LogP contribution in [0.2, 0.25) is 0 Å². The maximum absolute atomic E-state index is 12.6. The number of anilines is 1. The van der Waals surface area contributed by atoms with Crippen LogP contribution in [0.15, 0.2) is 30.6 Å². The van der Waals surface area contributed by atoms with Gasteiger partial charge in [-0.2, -0.15) is 0 Å². The highest BCUT2D eigenvalue weighted by molar-refractivity contribution is 5.91. The molecule has 7 heteroatoms. The lowest BCUT2D eigenvalue weighted by Gasteiger charge is -2.19. The molecule has 0 radical (unpaired) electrons. The Kier molecular flexibility index (Phi) is 5.75. The minimum absolute atomic E-state index is 0.0787. The monoisotopic (exact) mass is 357 g/mol. The number of nitrogens with zero attached hydrogens (tertiary/aromatic N) is 4. The predicted molar refractivity (Wildman–Crippen MR) is 100 cm³/mol. The van der Waals surface area contributed by atoms with E-state index in [1.54, 1.807) is 6.33 Å². The number of hydrogen-bond donors (Lipinski definition) is 1. The topological polar surface area (TPSA) is 72.3 Å². The van der Waals surface area contributed by atoms with Crippen molar-refractivity contribution in [2.75, 3.05) is 25.0 Å². The molecule has 7 nitrogen and oxygen atoms in total. The predicted octanol–water partition coefficient (Wildman–Crippen LogP) is 3.35. The molecule has 1 unspecified atom stereocenters. The number of aromatic nitrogens is 3. The van der Waals surface area contributed by atoms with Crippen LogP contribution in [0.4, 0.5) is 10.5 Å². The standard InChI is InChI=1S/C19H27N5O2/c1-4-26-17-8-6-5-7-16(17)21-19(25)23-10-9-15(12-23)11-18-22-20-13-24(18)14(2)3/h5-8,13-15H,4,9-12H2,1-3H3,(H,21,25). The molecule has 1 saturated heterocycles. The summed E-state index contributed by atoms with van der Waals surface area (Å²) in [5.41, 5.74) is 0.711. The largest absolute Gasteiger partial charge is 0.492 e. The number of para-hydroxylation sites is 2. The van der Waals surface area contributed by atoms with E-state index in [0.717, 1.165) is 31.8 Å². The normalized spacial score (nSPS) is 16.9. The van der Waals surface area contributed by atoms with Crippen LogP contribution in [0.1, 0.15) is 39.1 Å². The Morgan fingerprint density at radius 3 is 2.96 bits per heavy atom. The minimum Gasteiger partial charge on any atom is -0.492 e. The van der Waals surface area contributed by atoms with Crippen LogP contribution < -0.4 is 10.1 Å². The van der Waals surface area contributed by atoms with Crippen molar-refractivity contribution < 1.29 is 9.53 Å². The van der Waals surface area contributed by atoms with Crippen LogP contribution in [0.3, 0.4) is 0 Å². The maximum atomic E-state index is 12.6. The summed E-state index contributed by atoms with van der Waals surface area (Å²) in [4.78, 5) is 14.5. The molecule has 0 bridgehead atoms. The molecule has 1 aliphatic rings. The van der Waals surface area contributed by atoms with Crippen molar-refractivity contribution in [2.45, 2.75) is 39.7 Å². The lowest BCUT2D eigenvalue weighted by molar-refractivity contribution is 0.220. The summed E-state index contributed by atoms with van der Waals surface area (Å²) in [5, 5.41) is 11.3. The maximum Gasteiger partial charge on any atom is 0.321 e. The van der Waals surface area contributed by atoms with Crippen LogP contribution in [-0.2, 0) is 6.42 Å². The first-order valence-electron chi connectivity index (χ1n) is 9.24. The lowest BCUT2D eigenvalue weighted by Crippen LogP contribution is -2.33. The first-order valence-corrected chi connectivity index (χ1v) is 9.24. The Bertz CT molecular complexity index is 743. The van der Waals surface area contributed by atoms with Crippen LogP contribution in [0, 0.1) is 5.92 Å². The van der Waals surface area contributed by atoms with E-state index in [-0.39, 0.29) is 6.03 Å². The summed E-state index contributed by atoms with van der Waals surface area (Å²) in [5.74, 6) is 2.10. The van der Waals surface area contributed by atoms with Crippen molar-refractivity contribution >= 4 is 11.7 Å². The second kappa shape index (κ2) is 8.21. The van der Waals surface area contributed by atoms with Crippen molar-refractivity contribution in [3.63, 3.8) is 0 Å². The molecular weight excluding hydrogens is 330 g/mol. The summed E-state index contributed by atoms with van der Waals surface area (Å²) >= 11 is 0. The van der Waals surface area contributed by atoms with Gasteiger partial charge >= 0.3 is 6.03 Å². The zero-order valence-electron chi connectivity index (χ0n) is 15.7. The quantitative estimate of drug-likeness (QED) is 0.860. The molecule has 140 valence electrons. The summed E-state index contributed by atoms with van der Waals surface area (Å²) < 4.78 is 7.67. The summed E-state index contributed by atoms with van der Waals surface area (Å²) in [7, 11) is 0. The van der Waals surface area contributed by atoms with Gasteiger partial charge in [-0.15, -0.1) is 10.2 Å². The zero-order valence-corrected chi connectivity index (χ0v) is 15.7. The van der Waals surface area contributed by atoms with E-state index in [1.165, 1.54) is 0 Å². The average molecular weight is 357 g/mol. The molecule has 1 atom stereocenters. The van der Waals surface area contributed by atoms with Gasteiger partial charge in [0.25, 0.3) is 0 Å². The van der Waals surface area contributed by atoms with Gasteiger partial charge in [0.1, 0.15) is 17.9 Å². The van der Waals surface area contributed by atoms with Gasteiger partial charge in [0.2, 0.25) is 0 Å². The van der Waals surface area contributed by atoms with E-state index in [9.17, 15) is 4.79 Å². The third-order valence-corrected chi connectivity index (χ3v) is 4.68. The molecule has 26 heavy (non-hydrogen) atoms. The molecule has 2 heterocycles. The molecule has 1 aromatic heterocycles. The van der Waals surface area contributed by atoms with Gasteiger partial charge in [-0.3, -0.25) is 0 Å². The number of carbonyl (C=O) groups excluding carboxylic acids is 1. The van der Waals surface area contributed by atoms with Gasteiger partial charge in [-0.05, 0) is 45.2 Å². The van der Waals surface area contributed by atoms with Crippen LogP contribution >= 0.6 is 0 Å². The van der Waals surface area contributed by atoms with Crippen molar-refractivity contribution in [2.24, 2.45) is 5.92 Å². The highest BCUT2D eigenvalue weighted by Crippen LogP contribution is 2.26. The van der Waals surface area contributed by atoms with Crippen molar-refractivity contribution in [1.82, 2.24) is 19.7 Å². The third kappa shape index (κ3) is 4.15. The van der Waals surface area contributed by atoms with E-state index >= 15 is 0 Å². The van der Waals surface area contributed by atoms with Crippen molar-refractivity contribution in [3.05, 3.63) is 36.4 Å². The zero-order chi connectivity index (χ0) is 18.5. The average Bonchev–Trinajstić information content (AvgIpc) is 3.27. The highest BCUT2D eigenvalue weighted by atomic mass is 16.5. The second-order valence-electron chi connectivity index (χ2n) is 6.91. The molecule has 1 aromatic carbocycles. The van der Waals surface area contributed by atoms with Crippen LogP contribution in [-0.4, -0.2) is 45.4 Å². The van der Waals surface area contributed by atoms with Gasteiger partial charge in [0.05, 0.1) is 12.3 Å². The molecule has 0 saturated carbocycles. The van der Waals surface area contributed by atoms with Crippen LogP contribution in [0.25, 0.3) is 0 Å². The van der Waals surface area contributed by atoms with Gasteiger partial charge in [0.15, 0.2) is 0 Å². The summed E-state index contributed by atoms with van der Waals surface area (Å²) in [6.45, 7) is 8.22. The number of urea groups is 1. The fraction of sp³-hybridized carbons (Fsp3) is 0.526. The fourth-order valence-electron chi connectivity index (χ4n) is 3.33. The number of ether oxygens (including phenoxy) is 1. The molecule has 1 N–H and O–H groups in total. The van der Waals surface area contributed by atoms with Gasteiger partial charge in [0, 0.05) is 25.6 Å². The molecular formula is C19H27N5O2. The van der Waals surface area contributed by atoms with Gasteiger partial charge in [-0.25, -0.2) is 4.79 Å². The lowest BCUT2D eigenvalue weighted by atomic mass is 10.0. The Morgan fingerprint density at radius 1 is 1.38 bits per heavy atom. The van der Waals surface area contributed by atoms with Gasteiger partial charge < -0.3 is 19.5 Å². The molecule has 1 aliphatic heterocycles. The smallest absolute Gasteiger partial charge is 0.321 e. The highest BCUT2D eigenvalue weighted by Gasteiger charge is 2.28. The Hall–Kier alpha value is -2.57. The van der Waals surface area contributed by atoms with E-state index in [0.29, 0.717) is 30.0 Å². The molecule has 3 rings (SSSR count).